The molecule has 0 bridgehead atoms. The summed E-state index contributed by atoms with van der Waals surface area (Å²) in [6, 6.07) is 6.61. The zero-order chi connectivity index (χ0) is 13.1. The Kier molecular flexibility index (Phi) is 4.48. The molecule has 4 heteroatoms. The van der Waals surface area contributed by atoms with Crippen molar-refractivity contribution in [2.45, 2.75) is 38.2 Å². The van der Waals surface area contributed by atoms with Gasteiger partial charge < -0.3 is 0 Å². The number of aryl methyl sites for hydroxylation is 1. The van der Waals surface area contributed by atoms with E-state index in [0.717, 1.165) is 11.1 Å². The van der Waals surface area contributed by atoms with Crippen molar-refractivity contribution in [3.8, 4) is 0 Å². The van der Waals surface area contributed by atoms with Crippen LogP contribution in [0.4, 0.5) is 0 Å². The van der Waals surface area contributed by atoms with E-state index in [0.29, 0.717) is 6.42 Å². The van der Waals surface area contributed by atoms with Gasteiger partial charge in [-0.15, -0.1) is 6.58 Å². The summed E-state index contributed by atoms with van der Waals surface area (Å²) in [6.07, 6.45) is 0.143. The largest absolute Gasteiger partial charge is 0.297 e. The Labute approximate surface area is 103 Å². The molecule has 0 spiro atoms. The highest BCUT2D eigenvalue weighted by Crippen LogP contribution is 2.17. The standard InChI is InChI=1S/C13H18O3S/c1-10(2)9-12(4)16-17(14,15)13-7-5-11(3)6-8-13/h5-8,12H,1,9H2,2-4H3/t12-/m1/s1. The van der Waals surface area contributed by atoms with Gasteiger partial charge in [0, 0.05) is 0 Å². The van der Waals surface area contributed by atoms with Gasteiger partial charge in [-0.1, -0.05) is 23.3 Å². The number of hydrogen-bond donors (Lipinski definition) is 0. The van der Waals surface area contributed by atoms with Crippen LogP contribution >= 0.6 is 0 Å². The lowest BCUT2D eigenvalue weighted by molar-refractivity contribution is 0.229. The zero-order valence-electron chi connectivity index (χ0n) is 10.4. The second-order valence-corrected chi connectivity index (χ2v) is 5.91. The highest BCUT2D eigenvalue weighted by Gasteiger charge is 2.18. The van der Waals surface area contributed by atoms with Crippen LogP contribution in [0.2, 0.25) is 0 Å². The lowest BCUT2D eigenvalue weighted by Crippen LogP contribution is -2.15. The molecule has 0 heterocycles. The summed E-state index contributed by atoms with van der Waals surface area (Å²) >= 11 is 0. The fourth-order valence-electron chi connectivity index (χ4n) is 1.50. The molecular weight excluding hydrogens is 236 g/mol. The first-order valence-corrected chi connectivity index (χ1v) is 6.86. The van der Waals surface area contributed by atoms with Gasteiger partial charge in [0.2, 0.25) is 0 Å². The number of benzene rings is 1. The summed E-state index contributed by atoms with van der Waals surface area (Å²) in [5, 5.41) is 0. The zero-order valence-corrected chi connectivity index (χ0v) is 11.3. The molecule has 0 aliphatic rings. The third kappa shape index (κ3) is 4.32. The lowest BCUT2D eigenvalue weighted by Gasteiger charge is -2.12. The Morgan fingerprint density at radius 1 is 1.35 bits per heavy atom. The third-order valence-electron chi connectivity index (χ3n) is 2.24. The fourth-order valence-corrected chi connectivity index (χ4v) is 2.58. The molecule has 1 atom stereocenters. The number of rotatable bonds is 5. The molecule has 3 nitrogen and oxygen atoms in total. The van der Waals surface area contributed by atoms with Crippen LogP contribution in [0.1, 0.15) is 25.8 Å². The average Bonchev–Trinajstić information content (AvgIpc) is 2.15. The molecule has 17 heavy (non-hydrogen) atoms. The predicted molar refractivity (Wildman–Crippen MR) is 68.3 cm³/mol. The average molecular weight is 254 g/mol. The first-order valence-electron chi connectivity index (χ1n) is 5.45. The van der Waals surface area contributed by atoms with E-state index in [1.54, 1.807) is 31.2 Å². The van der Waals surface area contributed by atoms with E-state index in [2.05, 4.69) is 6.58 Å². The van der Waals surface area contributed by atoms with Crippen LogP contribution in [0.5, 0.6) is 0 Å². The Morgan fingerprint density at radius 3 is 2.35 bits per heavy atom. The van der Waals surface area contributed by atoms with Gasteiger partial charge in [0.25, 0.3) is 10.1 Å². The quantitative estimate of drug-likeness (QED) is 0.599. The molecule has 0 unspecified atom stereocenters. The highest BCUT2D eigenvalue weighted by molar-refractivity contribution is 7.86. The van der Waals surface area contributed by atoms with Gasteiger partial charge in [0.05, 0.1) is 11.0 Å². The first kappa shape index (κ1) is 13.9. The minimum atomic E-state index is -3.66. The van der Waals surface area contributed by atoms with Gasteiger partial charge >= 0.3 is 0 Å². The first-order chi connectivity index (χ1) is 7.81. The SMILES string of the molecule is C=C(C)C[C@@H](C)OS(=O)(=O)c1ccc(C)cc1. The Hall–Kier alpha value is -1.13. The molecule has 0 aliphatic carbocycles. The van der Waals surface area contributed by atoms with Crippen molar-refractivity contribution in [3.05, 3.63) is 42.0 Å². The summed E-state index contributed by atoms with van der Waals surface area (Å²) < 4.78 is 28.9. The lowest BCUT2D eigenvalue weighted by atomic mass is 10.2. The van der Waals surface area contributed by atoms with E-state index in [-0.39, 0.29) is 11.0 Å². The van der Waals surface area contributed by atoms with Crippen LogP contribution in [-0.4, -0.2) is 14.5 Å². The van der Waals surface area contributed by atoms with E-state index in [9.17, 15) is 8.42 Å². The third-order valence-corrected chi connectivity index (χ3v) is 3.67. The van der Waals surface area contributed by atoms with Crippen molar-refractivity contribution in [1.82, 2.24) is 0 Å². The number of hydrogen-bond acceptors (Lipinski definition) is 3. The molecule has 0 aliphatic heterocycles. The van der Waals surface area contributed by atoms with E-state index >= 15 is 0 Å². The second-order valence-electron chi connectivity index (χ2n) is 4.34. The molecule has 1 aromatic rings. The summed E-state index contributed by atoms with van der Waals surface area (Å²) in [7, 11) is -3.66. The van der Waals surface area contributed by atoms with Crippen molar-refractivity contribution in [1.29, 1.82) is 0 Å². The Morgan fingerprint density at radius 2 is 1.88 bits per heavy atom. The normalized spacial score (nSPS) is 13.4. The molecule has 1 rings (SSSR count). The fraction of sp³-hybridized carbons (Fsp3) is 0.385. The van der Waals surface area contributed by atoms with Crippen LogP contribution in [0.25, 0.3) is 0 Å². The predicted octanol–water partition coefficient (Wildman–Crippen LogP) is 3.06. The summed E-state index contributed by atoms with van der Waals surface area (Å²) in [5.41, 5.74) is 1.91. The van der Waals surface area contributed by atoms with Crippen molar-refractivity contribution >= 4 is 10.1 Å². The molecular formula is C13H18O3S. The summed E-state index contributed by atoms with van der Waals surface area (Å²) in [4.78, 5) is 0.191. The molecule has 0 saturated carbocycles. The van der Waals surface area contributed by atoms with Crippen molar-refractivity contribution in [2.75, 3.05) is 0 Å². The molecule has 1 aromatic carbocycles. The van der Waals surface area contributed by atoms with Gasteiger partial charge in [-0.05, 0) is 39.3 Å². The van der Waals surface area contributed by atoms with Gasteiger partial charge in [-0.25, -0.2) is 0 Å². The van der Waals surface area contributed by atoms with E-state index in [1.165, 1.54) is 0 Å². The van der Waals surface area contributed by atoms with Crippen LogP contribution in [0, 0.1) is 6.92 Å². The maximum atomic E-state index is 11.9. The molecule has 94 valence electrons. The molecule has 0 fully saturated rings. The van der Waals surface area contributed by atoms with E-state index < -0.39 is 10.1 Å². The Balaban J connectivity index is 2.82. The molecule has 0 aromatic heterocycles. The van der Waals surface area contributed by atoms with Crippen LogP contribution in [0.15, 0.2) is 41.3 Å². The maximum absolute atomic E-state index is 11.9. The topological polar surface area (TPSA) is 43.4 Å². The molecule has 0 amide bonds. The highest BCUT2D eigenvalue weighted by atomic mass is 32.2. The van der Waals surface area contributed by atoms with Crippen LogP contribution in [-0.2, 0) is 14.3 Å². The van der Waals surface area contributed by atoms with Gasteiger partial charge in [-0.3, -0.25) is 4.18 Å². The minimum absolute atomic E-state index is 0.191. The van der Waals surface area contributed by atoms with Gasteiger partial charge in [0.15, 0.2) is 0 Å². The smallest absolute Gasteiger partial charge is 0.263 e. The van der Waals surface area contributed by atoms with Gasteiger partial charge in [0.1, 0.15) is 0 Å². The van der Waals surface area contributed by atoms with Crippen molar-refractivity contribution < 1.29 is 12.6 Å². The van der Waals surface area contributed by atoms with Crippen LogP contribution in [0.3, 0.4) is 0 Å². The van der Waals surface area contributed by atoms with E-state index in [4.69, 9.17) is 4.18 Å². The maximum Gasteiger partial charge on any atom is 0.297 e. The van der Waals surface area contributed by atoms with Crippen molar-refractivity contribution in [3.63, 3.8) is 0 Å². The minimum Gasteiger partial charge on any atom is -0.263 e. The van der Waals surface area contributed by atoms with Crippen LogP contribution < -0.4 is 0 Å². The van der Waals surface area contributed by atoms with E-state index in [1.807, 2.05) is 13.8 Å². The van der Waals surface area contributed by atoms with Gasteiger partial charge in [-0.2, -0.15) is 8.42 Å². The van der Waals surface area contributed by atoms with Crippen molar-refractivity contribution in [2.24, 2.45) is 0 Å². The molecule has 0 saturated heterocycles. The molecule has 0 radical (unpaired) electrons. The summed E-state index contributed by atoms with van der Waals surface area (Å²) in [5.74, 6) is 0. The molecule has 0 N–H and O–H groups in total. The Bertz CT molecular complexity index is 486. The monoisotopic (exact) mass is 254 g/mol. The second kappa shape index (κ2) is 5.47. The summed E-state index contributed by atoms with van der Waals surface area (Å²) in [6.45, 7) is 9.21.